The summed E-state index contributed by atoms with van der Waals surface area (Å²) < 4.78 is 0. The maximum Gasteiger partial charge on any atom is 0.177 e. The van der Waals surface area contributed by atoms with E-state index in [9.17, 15) is 9.90 Å². The second-order valence-corrected chi connectivity index (χ2v) is 6.95. The van der Waals surface area contributed by atoms with Crippen molar-refractivity contribution in [2.24, 2.45) is 5.41 Å². The predicted octanol–water partition coefficient (Wildman–Crippen LogP) is 1.92. The normalized spacial score (nSPS) is 22.1. The molecule has 0 atom stereocenters. The molecule has 1 aromatic rings. The average molecular weight is 308 g/mol. The summed E-state index contributed by atoms with van der Waals surface area (Å²) in [6.07, 6.45) is 12.7. The minimum Gasteiger partial charge on any atom is -0.390 e. The number of fused-ring (bicyclic) bond motifs is 1. The third-order valence-corrected chi connectivity index (χ3v) is 5.57. The molecule has 0 unspecified atom stereocenters. The van der Waals surface area contributed by atoms with Crippen molar-refractivity contribution in [2.45, 2.75) is 38.7 Å². The van der Waals surface area contributed by atoms with Crippen LogP contribution in [-0.2, 0) is 17.8 Å². The maximum absolute atomic E-state index is 12.4. The molecule has 0 radical (unpaired) electrons. The zero-order valence-electron chi connectivity index (χ0n) is 13.1. The Morgan fingerprint density at radius 3 is 2.65 bits per heavy atom. The van der Waals surface area contributed by atoms with Gasteiger partial charge in [-0.1, -0.05) is 5.92 Å². The Morgan fingerprint density at radius 2 is 2.04 bits per heavy atom. The number of carbonyl (C=O) groups is 1. The Bertz CT molecular complexity index is 743. The van der Waals surface area contributed by atoms with Crippen LogP contribution in [0.5, 0.6) is 0 Å². The van der Waals surface area contributed by atoms with Gasteiger partial charge in [0.25, 0.3) is 0 Å². The molecule has 23 heavy (non-hydrogen) atoms. The molecule has 1 spiro atoms. The number of hydrogen-bond acceptors (Lipinski definition) is 4. The van der Waals surface area contributed by atoms with E-state index in [0.717, 1.165) is 29.9 Å². The first-order chi connectivity index (χ1) is 11.2. The van der Waals surface area contributed by atoms with Crippen molar-refractivity contribution in [1.82, 2.24) is 9.88 Å². The quantitative estimate of drug-likeness (QED) is 0.848. The highest BCUT2D eigenvalue weighted by molar-refractivity contribution is 6.10. The molecule has 1 aliphatic heterocycles. The van der Waals surface area contributed by atoms with Crippen LogP contribution in [0.4, 0.5) is 0 Å². The molecule has 1 N–H and O–H groups in total. The van der Waals surface area contributed by atoms with Gasteiger partial charge in [0, 0.05) is 31.3 Å². The van der Waals surface area contributed by atoms with Gasteiger partial charge in [-0.25, -0.2) is 0 Å². The first-order valence-corrected chi connectivity index (χ1v) is 8.24. The van der Waals surface area contributed by atoms with E-state index >= 15 is 0 Å². The molecule has 0 bridgehead atoms. The first kappa shape index (κ1) is 14.5. The molecule has 1 aromatic heterocycles. The van der Waals surface area contributed by atoms with E-state index in [2.05, 4.69) is 15.8 Å². The van der Waals surface area contributed by atoms with Crippen LogP contribution >= 0.6 is 0 Å². The van der Waals surface area contributed by atoms with Gasteiger partial charge in [0.15, 0.2) is 5.78 Å². The van der Waals surface area contributed by atoms with Gasteiger partial charge < -0.3 is 10.0 Å². The molecule has 0 amide bonds. The second kappa shape index (κ2) is 5.21. The number of carbonyl (C=O) groups excluding carboxylic acids is 1. The summed E-state index contributed by atoms with van der Waals surface area (Å²) in [5.41, 5.74) is 4.44. The first-order valence-electron chi connectivity index (χ1n) is 8.24. The highest BCUT2D eigenvalue weighted by Gasteiger charge is 2.45. The van der Waals surface area contributed by atoms with Crippen molar-refractivity contribution in [3.8, 4) is 12.3 Å². The van der Waals surface area contributed by atoms with Gasteiger partial charge in [-0.05, 0) is 42.7 Å². The molecule has 1 saturated heterocycles. The lowest BCUT2D eigenvalue weighted by Crippen LogP contribution is -2.36. The Hall–Kier alpha value is -2.12. The summed E-state index contributed by atoms with van der Waals surface area (Å²) in [5, 5.41) is 9.39. The van der Waals surface area contributed by atoms with Crippen LogP contribution in [0, 0.1) is 17.8 Å². The molecule has 2 aliphatic carbocycles. The van der Waals surface area contributed by atoms with Gasteiger partial charge in [-0.15, -0.1) is 6.42 Å². The summed E-state index contributed by atoms with van der Waals surface area (Å²) >= 11 is 0. The summed E-state index contributed by atoms with van der Waals surface area (Å²) in [6, 6.07) is 1.88. The number of rotatable bonds is 2. The molecule has 4 nitrogen and oxygen atoms in total. The Kier molecular flexibility index (Phi) is 3.28. The minimum absolute atomic E-state index is 0.000238. The number of aliphatic hydroxyl groups is 1. The molecule has 1 saturated carbocycles. The molecule has 4 rings (SSSR count). The van der Waals surface area contributed by atoms with Crippen LogP contribution in [0.25, 0.3) is 5.70 Å². The number of likely N-dealkylation sites (tertiary alicyclic amines) is 1. The number of piperidine rings is 1. The van der Waals surface area contributed by atoms with Crippen molar-refractivity contribution in [2.75, 3.05) is 13.1 Å². The van der Waals surface area contributed by atoms with Crippen molar-refractivity contribution < 1.29 is 9.90 Å². The van der Waals surface area contributed by atoms with Crippen molar-refractivity contribution in [3.63, 3.8) is 0 Å². The summed E-state index contributed by atoms with van der Waals surface area (Å²) in [6.45, 7) is 1.79. The number of terminal acetylenes is 1. The standard InChI is InChI=1S/C19H20N2O2/c1-2-15-17(23)9-13-11-20-14(12-22)10-16(13)18(15)21-7-5-19(3-4-19)6-8-21/h1,10-11,22H,3-9,12H2. The number of nitrogens with zero attached hydrogens (tertiary/aromatic N) is 2. The fraction of sp³-hybridized carbons (Fsp3) is 0.474. The lowest BCUT2D eigenvalue weighted by atomic mass is 9.86. The van der Waals surface area contributed by atoms with E-state index in [-0.39, 0.29) is 12.4 Å². The second-order valence-electron chi connectivity index (χ2n) is 6.95. The van der Waals surface area contributed by atoms with Gasteiger partial charge in [-0.2, -0.15) is 0 Å². The van der Waals surface area contributed by atoms with Crippen LogP contribution in [-0.4, -0.2) is 33.9 Å². The Morgan fingerprint density at radius 1 is 1.30 bits per heavy atom. The fourth-order valence-corrected chi connectivity index (χ4v) is 3.86. The zero-order chi connectivity index (χ0) is 16.0. The molecule has 2 heterocycles. The SMILES string of the molecule is C#CC1=C(N2CCC3(CC2)CC3)c2cc(CO)ncc2CC1=O. The van der Waals surface area contributed by atoms with E-state index in [1.807, 2.05) is 6.07 Å². The number of Topliss-reactive ketones (excluding diaryl/α,β-unsaturated/α-hetero) is 1. The van der Waals surface area contributed by atoms with E-state index in [1.165, 1.54) is 25.7 Å². The third kappa shape index (κ3) is 2.36. The van der Waals surface area contributed by atoms with Crippen molar-refractivity contribution in [1.29, 1.82) is 0 Å². The molecular formula is C19H20N2O2. The van der Waals surface area contributed by atoms with Crippen LogP contribution in [0.3, 0.4) is 0 Å². The zero-order valence-corrected chi connectivity index (χ0v) is 13.1. The molecule has 2 fully saturated rings. The van der Waals surface area contributed by atoms with Gasteiger partial charge in [-0.3, -0.25) is 9.78 Å². The Labute approximate surface area is 136 Å². The van der Waals surface area contributed by atoms with E-state index < -0.39 is 0 Å². The summed E-state index contributed by atoms with van der Waals surface area (Å²) in [7, 11) is 0. The topological polar surface area (TPSA) is 53.4 Å². The van der Waals surface area contributed by atoms with Gasteiger partial charge in [0.2, 0.25) is 0 Å². The largest absolute Gasteiger partial charge is 0.390 e. The number of pyridine rings is 1. The molecule has 4 heteroatoms. The molecule has 3 aliphatic rings. The van der Waals surface area contributed by atoms with Gasteiger partial charge in [0.05, 0.1) is 23.6 Å². The fourth-order valence-electron chi connectivity index (χ4n) is 3.86. The molecule has 118 valence electrons. The predicted molar refractivity (Wildman–Crippen MR) is 87.1 cm³/mol. The highest BCUT2D eigenvalue weighted by Crippen LogP contribution is 2.54. The maximum atomic E-state index is 12.4. The average Bonchev–Trinajstić information content (AvgIpc) is 3.33. The summed E-state index contributed by atoms with van der Waals surface area (Å²) in [4.78, 5) is 18.9. The number of hydrogen-bond donors (Lipinski definition) is 1. The lowest BCUT2D eigenvalue weighted by Gasteiger charge is -2.37. The van der Waals surface area contributed by atoms with Crippen LogP contribution < -0.4 is 0 Å². The van der Waals surface area contributed by atoms with Crippen molar-refractivity contribution in [3.05, 3.63) is 34.7 Å². The van der Waals surface area contributed by atoms with E-state index in [1.54, 1.807) is 6.20 Å². The van der Waals surface area contributed by atoms with Gasteiger partial charge in [0.1, 0.15) is 0 Å². The third-order valence-electron chi connectivity index (χ3n) is 5.57. The number of aromatic nitrogens is 1. The van der Waals surface area contributed by atoms with Crippen molar-refractivity contribution >= 4 is 11.5 Å². The number of allylic oxidation sites excluding steroid dienone is 1. The van der Waals surface area contributed by atoms with E-state index in [4.69, 9.17) is 6.42 Å². The monoisotopic (exact) mass is 308 g/mol. The highest BCUT2D eigenvalue weighted by atomic mass is 16.3. The minimum atomic E-state index is -0.108. The number of aliphatic hydroxyl groups excluding tert-OH is 1. The van der Waals surface area contributed by atoms with Crippen LogP contribution in [0.15, 0.2) is 17.8 Å². The molecule has 0 aromatic carbocycles. The number of ketones is 1. The lowest BCUT2D eigenvalue weighted by molar-refractivity contribution is -0.114. The smallest absolute Gasteiger partial charge is 0.177 e. The molecular weight excluding hydrogens is 288 g/mol. The van der Waals surface area contributed by atoms with Gasteiger partial charge >= 0.3 is 0 Å². The van der Waals surface area contributed by atoms with Crippen LogP contribution in [0.1, 0.15) is 42.5 Å². The van der Waals surface area contributed by atoms with Crippen LogP contribution in [0.2, 0.25) is 0 Å². The Balaban J connectivity index is 1.77. The van der Waals surface area contributed by atoms with E-state index in [0.29, 0.717) is 23.1 Å². The summed E-state index contributed by atoms with van der Waals surface area (Å²) in [5.74, 6) is 2.62.